The van der Waals surface area contributed by atoms with Gasteiger partial charge >= 0.3 is 0 Å². The van der Waals surface area contributed by atoms with Gasteiger partial charge in [-0.15, -0.1) is 0 Å². The topological polar surface area (TPSA) is 552 Å². The number of hydrogen-bond donors (Lipinski definition) is 14. The first-order valence-electron chi connectivity index (χ1n) is 37.5. The van der Waals surface area contributed by atoms with Gasteiger partial charge in [-0.2, -0.15) is 8.42 Å². The highest BCUT2D eigenvalue weighted by atomic mass is 33.1. The molecular formula is C73H102N14O23S4. The van der Waals surface area contributed by atoms with E-state index in [1.165, 1.54) is 32.2 Å². The number of aromatic nitrogens is 3. The number of nitrogens with one attached hydrogen (secondary N) is 9. The molecule has 15 N–H and O–H groups in total. The van der Waals surface area contributed by atoms with E-state index >= 15 is 28.2 Å². The standard InChI is InChI=1S/C73H102N14O23S4/c1-9-38(4)61-66(99)78-33-59(95)81-52-37-113(104)68-46-26-41(65(98)77-34-60(96)83-61)28-54(91)62(39(5)55(92)36-88)85-70(102)73(110-44-13-14-45(46)50(32-44)82-68,56-31-43(89)35-87(56)69(101)42(29-53(52)90)30-57(74)93)71(103)86(8)19-24-111-112-72(6,7)63(67(100)76-18-25-114(105,106)107)84-58(94)16-20-108-22-23-109-21-17-75-64(97)40-12-15-49-51(27-40)80-48(11-3)47(10-2)79-49/h12-15,27,32,38-39,41-43,52,55-56,61-63,82,88-89,92H,9-11,16-26,28-31,33-37H2,1-8H3,(H2,74,93)(H,75,97)(H,76,100)(H,77,98)(H,78,99)(H,81,95)(H,83,96)(H,84,94)(H,85,102)(H,105,106,107)/t38-,39-,41-,42-,43+,52-,55-,56-,61-,62-,63?,73?,113?/m0/s1. The van der Waals surface area contributed by atoms with Gasteiger partial charge in [-0.05, 0) is 74.9 Å². The van der Waals surface area contributed by atoms with Crippen LogP contribution in [-0.2, 0) is 107 Å². The first-order chi connectivity index (χ1) is 53.9. The predicted octanol–water partition coefficient (Wildman–Crippen LogP) is -2.28. The maximum Gasteiger partial charge on any atom is 0.284 e. The van der Waals surface area contributed by atoms with E-state index in [4.69, 9.17) is 24.9 Å². The van der Waals surface area contributed by atoms with E-state index in [-0.39, 0.29) is 84.8 Å². The number of amides is 11. The SMILES string of the molecule is CCc1nc2ccc(C(=O)NCCOCCOCCC(=O)NC(C(=O)NCCS(=O)(=O)O)C(C)(C)SSCCN(C)C(=O)C34Oc5ccc6c7c([nH]c6c5)S(=O)C[C@H](NC(=O)CNC(=O)[C@H]([C@@H](C)CC)NC(=O)CNC(=O)[C@H](CC(=O)[C@H]([C@@H](C)[C@@H](O)CO)NC3=O)C7)C(=O)C[C@@H](CC(N)=O)C(=O)N3C[C@H](O)C[C@H]34)cc2nc1CC. The van der Waals surface area contributed by atoms with Crippen molar-refractivity contribution in [3.63, 3.8) is 0 Å². The fourth-order valence-electron chi connectivity index (χ4n) is 13.8. The van der Waals surface area contributed by atoms with Crippen molar-refractivity contribution in [1.29, 1.82) is 0 Å². The van der Waals surface area contributed by atoms with Crippen LogP contribution in [0.2, 0.25) is 0 Å². The van der Waals surface area contributed by atoms with Crippen LogP contribution in [0.15, 0.2) is 41.4 Å². The van der Waals surface area contributed by atoms with Crippen LogP contribution in [0.4, 0.5) is 0 Å². The van der Waals surface area contributed by atoms with Gasteiger partial charge in [0.25, 0.3) is 33.4 Å². The van der Waals surface area contributed by atoms with E-state index in [1.54, 1.807) is 45.9 Å². The number of fused-ring (bicyclic) bond motifs is 9. The molecule has 13 atom stereocenters. The molecule has 41 heteroatoms. The number of primary amides is 1. The number of carbonyl (C=O) groups is 13. The van der Waals surface area contributed by atoms with E-state index in [0.29, 0.717) is 29.4 Å². The summed E-state index contributed by atoms with van der Waals surface area (Å²) in [6.07, 6.45) is -6.04. The van der Waals surface area contributed by atoms with Gasteiger partial charge in [0.15, 0.2) is 11.6 Å². The number of nitrogens with zero attached hydrogens (tertiary/aromatic N) is 4. The van der Waals surface area contributed by atoms with Crippen LogP contribution < -0.4 is 53.0 Å². The summed E-state index contributed by atoms with van der Waals surface area (Å²) in [5, 5.41) is 54.3. The zero-order chi connectivity index (χ0) is 83.7. The summed E-state index contributed by atoms with van der Waals surface area (Å²) < 4.78 is 65.0. The van der Waals surface area contributed by atoms with Gasteiger partial charge in [0.05, 0.1) is 133 Å². The third kappa shape index (κ3) is 23.3. The number of aryl methyl sites for hydroxylation is 2. The molecule has 5 aliphatic rings. The molecule has 0 radical (unpaired) electrons. The van der Waals surface area contributed by atoms with Gasteiger partial charge in [-0.3, -0.25) is 71.1 Å². The molecule has 0 aliphatic carbocycles. The fraction of sp³-hybridized carbons (Fsp3) is 0.603. The average molecular weight is 1670 g/mol. The molecule has 37 nitrogen and oxygen atoms in total. The quantitative estimate of drug-likeness (QED) is 0.0109. The molecule has 1 saturated heterocycles. The van der Waals surface area contributed by atoms with Crippen molar-refractivity contribution < 1.29 is 109 Å². The molecule has 7 heterocycles. The van der Waals surface area contributed by atoms with Gasteiger partial charge in [-0.25, -0.2) is 9.97 Å². The lowest BCUT2D eigenvalue weighted by Gasteiger charge is -2.43. The molecule has 3 unspecified atom stereocenters. The Bertz CT molecular complexity index is 4420. The molecule has 8 bridgehead atoms. The van der Waals surface area contributed by atoms with Crippen molar-refractivity contribution in [2.75, 3.05) is 96.6 Å². The number of likely N-dealkylation sites (N-methyl/N-ethyl adjacent to an activating group) is 1. The Morgan fingerprint density at radius 1 is 0.851 bits per heavy atom. The molecule has 2 aromatic heterocycles. The Hall–Kier alpha value is -8.81. The molecule has 114 heavy (non-hydrogen) atoms. The van der Waals surface area contributed by atoms with Crippen molar-refractivity contribution in [3.05, 3.63) is 58.9 Å². The highest BCUT2D eigenvalue weighted by Gasteiger charge is 2.63. The molecule has 0 spiro atoms. The van der Waals surface area contributed by atoms with Crippen LogP contribution in [0.5, 0.6) is 5.75 Å². The number of aliphatic hydroxyl groups is 3. The number of carbonyl (C=O) groups excluding carboxylic acids is 13. The first kappa shape index (κ1) is 90.7. The molecule has 0 saturated carbocycles. The summed E-state index contributed by atoms with van der Waals surface area (Å²) >= 11 is 0. The molecule has 5 aliphatic heterocycles. The van der Waals surface area contributed by atoms with Gasteiger partial charge in [0.1, 0.15) is 22.9 Å². The summed E-state index contributed by atoms with van der Waals surface area (Å²) in [5.41, 5.74) is 6.12. The highest BCUT2D eigenvalue weighted by molar-refractivity contribution is 8.77. The Morgan fingerprint density at radius 3 is 2.19 bits per heavy atom. The van der Waals surface area contributed by atoms with E-state index in [0.717, 1.165) is 49.2 Å². The van der Waals surface area contributed by atoms with Gasteiger partial charge in [0.2, 0.25) is 47.3 Å². The number of Topliss-reactive ketones (excluding diaryl/α,β-unsaturated/α-hetero) is 2. The molecule has 4 aromatic rings. The third-order valence-corrected chi connectivity index (χ3v) is 25.8. The molecule has 626 valence electrons. The smallest absolute Gasteiger partial charge is 0.284 e. The lowest BCUT2D eigenvalue weighted by molar-refractivity contribution is -0.167. The third-order valence-electron chi connectivity index (χ3n) is 20.4. The van der Waals surface area contributed by atoms with Crippen LogP contribution in [0.25, 0.3) is 21.9 Å². The van der Waals surface area contributed by atoms with Crippen molar-refractivity contribution in [1.82, 2.24) is 67.3 Å². The zero-order valence-corrected chi connectivity index (χ0v) is 67.9. The predicted molar refractivity (Wildman–Crippen MR) is 416 cm³/mol. The van der Waals surface area contributed by atoms with Crippen molar-refractivity contribution in [2.45, 2.75) is 164 Å². The lowest BCUT2D eigenvalue weighted by Crippen LogP contribution is -2.72. The second kappa shape index (κ2) is 40.7. The second-order valence-corrected chi connectivity index (χ2v) is 35.2. The van der Waals surface area contributed by atoms with Crippen LogP contribution in [0, 0.1) is 23.7 Å². The van der Waals surface area contributed by atoms with Gasteiger partial charge in [0, 0.05) is 105 Å². The van der Waals surface area contributed by atoms with Crippen LogP contribution in [0.3, 0.4) is 0 Å². The molecule has 2 aromatic carbocycles. The Morgan fingerprint density at radius 2 is 1.53 bits per heavy atom. The van der Waals surface area contributed by atoms with E-state index in [2.05, 4.69) is 52.5 Å². The number of nitrogens with two attached hydrogens (primary N) is 1. The number of aromatic amines is 1. The molecular weight excluding hydrogens is 1570 g/mol. The van der Waals surface area contributed by atoms with Gasteiger partial charge < -0.3 is 92.6 Å². The summed E-state index contributed by atoms with van der Waals surface area (Å²) in [4.78, 5) is 204. The number of hydrogen-bond acceptors (Lipinski definition) is 26. The van der Waals surface area contributed by atoms with E-state index in [1.807, 2.05) is 13.8 Å². The summed E-state index contributed by atoms with van der Waals surface area (Å²) in [6, 6.07) is 0.458. The lowest BCUT2D eigenvalue weighted by atomic mass is 9.83. The molecule has 9 rings (SSSR count). The van der Waals surface area contributed by atoms with Crippen LogP contribution in [-0.4, -0.2) is 283 Å². The normalized spacial score (nSPS) is 23.4. The minimum absolute atomic E-state index is 0.0253. The van der Waals surface area contributed by atoms with Crippen molar-refractivity contribution >= 4 is 141 Å². The maximum atomic E-state index is 16.4. The minimum Gasteiger partial charge on any atom is -0.465 e. The molecule has 1 fully saturated rings. The first-order valence-corrected chi connectivity index (χ1v) is 42.8. The monoisotopic (exact) mass is 1670 g/mol. The van der Waals surface area contributed by atoms with Crippen molar-refractivity contribution in [3.8, 4) is 5.75 Å². The van der Waals surface area contributed by atoms with E-state index in [9.17, 15) is 66.6 Å². The highest BCUT2D eigenvalue weighted by Crippen LogP contribution is 2.42. The number of ether oxygens (including phenoxy) is 3. The Kier molecular flexibility index (Phi) is 32.4. The summed E-state index contributed by atoms with van der Waals surface area (Å²) in [5.74, 6) is -20.5. The number of ketones is 2. The molecule has 11 amide bonds. The van der Waals surface area contributed by atoms with Crippen molar-refractivity contribution in [2.24, 2.45) is 29.4 Å². The Labute approximate surface area is 668 Å². The number of H-pyrrole nitrogens is 1. The number of rotatable bonds is 31. The minimum atomic E-state index is -4.58. The van der Waals surface area contributed by atoms with Crippen LogP contribution >= 0.6 is 21.6 Å². The van der Waals surface area contributed by atoms with Gasteiger partial charge in [-0.1, -0.05) is 62.6 Å². The number of aliphatic hydroxyl groups excluding tert-OH is 3. The fourth-order valence-corrected chi connectivity index (χ4v) is 18.3. The zero-order valence-electron chi connectivity index (χ0n) is 64.6. The Balaban J connectivity index is 1.09. The summed E-state index contributed by atoms with van der Waals surface area (Å²) in [7, 11) is -3.79. The largest absolute Gasteiger partial charge is 0.465 e. The maximum absolute atomic E-state index is 16.4. The van der Waals surface area contributed by atoms with Crippen LogP contribution in [0.1, 0.15) is 114 Å². The summed E-state index contributed by atoms with van der Waals surface area (Å²) in [6.45, 7) is 7.62. The second-order valence-electron chi connectivity index (χ2n) is 29.1. The van der Waals surface area contributed by atoms with E-state index < -0.39 is 244 Å². The average Bonchev–Trinajstić information content (AvgIpc) is 1.41. The number of benzene rings is 2.